The highest BCUT2D eigenvalue weighted by molar-refractivity contribution is 5.83. The van der Waals surface area contributed by atoms with Gasteiger partial charge < -0.3 is 4.74 Å². The summed E-state index contributed by atoms with van der Waals surface area (Å²) >= 11 is 0. The molecule has 2 nitrogen and oxygen atoms in total. The van der Waals surface area contributed by atoms with Crippen LogP contribution < -0.4 is 0 Å². The Morgan fingerprint density at radius 2 is 2.00 bits per heavy atom. The summed E-state index contributed by atoms with van der Waals surface area (Å²) < 4.78 is 5.52. The molecule has 1 aliphatic carbocycles. The fraction of sp³-hybridized carbons (Fsp3) is 0.812. The van der Waals surface area contributed by atoms with E-state index in [9.17, 15) is 4.79 Å². The monoisotopic (exact) mass is 250 g/mol. The molecule has 0 spiro atoms. The molecule has 0 aromatic heterocycles. The van der Waals surface area contributed by atoms with Crippen molar-refractivity contribution < 1.29 is 9.53 Å². The lowest BCUT2D eigenvalue weighted by Gasteiger charge is -2.19. The third kappa shape index (κ3) is 6.81. The van der Waals surface area contributed by atoms with Crippen molar-refractivity contribution in [3.63, 3.8) is 0 Å². The van der Waals surface area contributed by atoms with Crippen LogP contribution in [-0.4, -0.2) is 18.5 Å². The Bertz CT molecular complexity index is 285. The summed E-state index contributed by atoms with van der Waals surface area (Å²) in [6.07, 6.45) is 10.9. The number of ether oxygens (including phenoxy) is 1. The number of carbonyl (C=O) groups excluding carboxylic acids is 1. The summed E-state index contributed by atoms with van der Waals surface area (Å²) in [5.41, 5.74) is 0. The van der Waals surface area contributed by atoms with Crippen LogP contribution in [0.25, 0.3) is 0 Å². The molecule has 1 fully saturated rings. The van der Waals surface area contributed by atoms with Crippen LogP contribution in [0.1, 0.15) is 71.1 Å². The molecule has 1 rings (SSSR count). The van der Waals surface area contributed by atoms with Crippen LogP contribution in [0.15, 0.2) is 0 Å². The summed E-state index contributed by atoms with van der Waals surface area (Å²) in [5, 5.41) is 0. The van der Waals surface area contributed by atoms with Gasteiger partial charge in [0.1, 0.15) is 12.7 Å². The summed E-state index contributed by atoms with van der Waals surface area (Å²) in [5.74, 6) is 6.42. The van der Waals surface area contributed by atoms with Crippen molar-refractivity contribution in [2.75, 3.05) is 6.61 Å². The van der Waals surface area contributed by atoms with Gasteiger partial charge in [0.15, 0.2) is 5.78 Å². The van der Waals surface area contributed by atoms with E-state index in [1.54, 1.807) is 0 Å². The molecule has 1 aliphatic rings. The average molecular weight is 250 g/mol. The second kappa shape index (κ2) is 10.1. The van der Waals surface area contributed by atoms with Gasteiger partial charge in [-0.15, -0.1) is 5.92 Å². The Morgan fingerprint density at radius 3 is 2.78 bits per heavy atom. The number of carbonyl (C=O) groups is 1. The van der Waals surface area contributed by atoms with E-state index < -0.39 is 0 Å². The van der Waals surface area contributed by atoms with Gasteiger partial charge in [0.25, 0.3) is 0 Å². The molecule has 1 saturated carbocycles. The van der Waals surface area contributed by atoms with Gasteiger partial charge in [-0.3, -0.25) is 4.79 Å². The van der Waals surface area contributed by atoms with E-state index in [0.717, 1.165) is 25.7 Å². The zero-order valence-electron chi connectivity index (χ0n) is 11.7. The average Bonchev–Trinajstić information content (AvgIpc) is 2.39. The quantitative estimate of drug-likeness (QED) is 0.506. The van der Waals surface area contributed by atoms with Crippen LogP contribution in [0.4, 0.5) is 0 Å². The minimum absolute atomic E-state index is 0.169. The molecule has 0 bridgehead atoms. The van der Waals surface area contributed by atoms with Crippen molar-refractivity contribution in [2.24, 2.45) is 0 Å². The molecule has 1 unspecified atom stereocenters. The highest BCUT2D eigenvalue weighted by Gasteiger charge is 2.21. The number of rotatable bonds is 7. The van der Waals surface area contributed by atoms with Crippen molar-refractivity contribution >= 4 is 5.78 Å². The lowest BCUT2D eigenvalue weighted by atomic mass is 9.96. The first-order valence-corrected chi connectivity index (χ1v) is 7.44. The smallest absolute Gasteiger partial charge is 0.161 e. The minimum Gasteiger partial charge on any atom is -0.358 e. The third-order valence-electron chi connectivity index (χ3n) is 3.39. The standard InChI is InChI=1S/C16H26O2/c1-2-3-4-5-6-7-8-11-14-18-16-13-10-9-12-15(16)17/h16H,2-7,9-10,12-14H2,1H3. The number of ketones is 1. The van der Waals surface area contributed by atoms with Gasteiger partial charge in [0.05, 0.1) is 0 Å². The van der Waals surface area contributed by atoms with Crippen LogP contribution in [0.5, 0.6) is 0 Å². The highest BCUT2D eigenvalue weighted by Crippen LogP contribution is 2.16. The van der Waals surface area contributed by atoms with E-state index in [0.29, 0.717) is 13.0 Å². The van der Waals surface area contributed by atoms with Crippen LogP contribution in [0.3, 0.4) is 0 Å². The second-order valence-electron chi connectivity index (χ2n) is 5.03. The molecule has 0 aromatic carbocycles. The molecular formula is C16H26O2. The maximum atomic E-state index is 11.5. The molecule has 0 saturated heterocycles. The molecule has 2 heteroatoms. The summed E-state index contributed by atoms with van der Waals surface area (Å²) in [6, 6.07) is 0. The lowest BCUT2D eigenvalue weighted by Crippen LogP contribution is -2.27. The highest BCUT2D eigenvalue weighted by atomic mass is 16.5. The van der Waals surface area contributed by atoms with Crippen molar-refractivity contribution in [2.45, 2.75) is 77.2 Å². The number of Topliss-reactive ketones (excluding diaryl/α,β-unsaturated/α-hetero) is 1. The normalized spacial score (nSPS) is 19.4. The molecule has 0 heterocycles. The van der Waals surface area contributed by atoms with Crippen LogP contribution >= 0.6 is 0 Å². The van der Waals surface area contributed by atoms with Crippen LogP contribution in [0, 0.1) is 11.8 Å². The first kappa shape index (κ1) is 15.2. The molecular weight excluding hydrogens is 224 g/mol. The van der Waals surface area contributed by atoms with Gasteiger partial charge in [0, 0.05) is 12.8 Å². The summed E-state index contributed by atoms with van der Waals surface area (Å²) in [7, 11) is 0. The number of hydrogen-bond acceptors (Lipinski definition) is 2. The van der Waals surface area contributed by atoms with E-state index in [1.807, 2.05) is 0 Å². The molecule has 102 valence electrons. The van der Waals surface area contributed by atoms with E-state index in [2.05, 4.69) is 18.8 Å². The predicted molar refractivity (Wildman–Crippen MR) is 74.4 cm³/mol. The number of unbranched alkanes of at least 4 members (excludes halogenated alkanes) is 5. The predicted octanol–water partition coefficient (Wildman–Crippen LogP) is 3.88. The van der Waals surface area contributed by atoms with E-state index in [4.69, 9.17) is 4.74 Å². The van der Waals surface area contributed by atoms with Crippen molar-refractivity contribution in [1.82, 2.24) is 0 Å². The lowest BCUT2D eigenvalue weighted by molar-refractivity contribution is -0.132. The SMILES string of the molecule is CCCCCCCC#CCOC1CCCCC1=O. The second-order valence-corrected chi connectivity index (χ2v) is 5.03. The van der Waals surface area contributed by atoms with E-state index in [1.165, 1.54) is 32.1 Å². The topological polar surface area (TPSA) is 26.3 Å². The Morgan fingerprint density at radius 1 is 1.17 bits per heavy atom. The maximum absolute atomic E-state index is 11.5. The molecule has 0 amide bonds. The Balaban J connectivity index is 1.98. The van der Waals surface area contributed by atoms with Gasteiger partial charge in [-0.1, -0.05) is 38.5 Å². The van der Waals surface area contributed by atoms with Gasteiger partial charge in [-0.25, -0.2) is 0 Å². The third-order valence-corrected chi connectivity index (χ3v) is 3.39. The first-order valence-electron chi connectivity index (χ1n) is 7.44. The van der Waals surface area contributed by atoms with Crippen molar-refractivity contribution in [1.29, 1.82) is 0 Å². The van der Waals surface area contributed by atoms with Gasteiger partial charge in [-0.2, -0.15) is 0 Å². The molecule has 0 radical (unpaired) electrons. The Kier molecular flexibility index (Phi) is 8.59. The Labute approximate surface area is 111 Å². The minimum atomic E-state index is -0.169. The zero-order valence-corrected chi connectivity index (χ0v) is 11.7. The number of hydrogen-bond donors (Lipinski definition) is 0. The molecule has 1 atom stereocenters. The molecule has 0 aliphatic heterocycles. The van der Waals surface area contributed by atoms with Gasteiger partial charge in [0.2, 0.25) is 0 Å². The van der Waals surface area contributed by atoms with Crippen molar-refractivity contribution in [3.8, 4) is 11.8 Å². The first-order chi connectivity index (χ1) is 8.84. The Hall–Kier alpha value is -0.810. The fourth-order valence-electron chi connectivity index (χ4n) is 2.23. The fourth-order valence-corrected chi connectivity index (χ4v) is 2.23. The summed E-state index contributed by atoms with van der Waals surface area (Å²) in [6.45, 7) is 2.65. The largest absolute Gasteiger partial charge is 0.358 e. The van der Waals surface area contributed by atoms with Gasteiger partial charge in [-0.05, 0) is 25.7 Å². The van der Waals surface area contributed by atoms with Gasteiger partial charge >= 0.3 is 0 Å². The zero-order chi connectivity index (χ0) is 13.1. The molecule has 0 aromatic rings. The molecule has 18 heavy (non-hydrogen) atoms. The van der Waals surface area contributed by atoms with Crippen molar-refractivity contribution in [3.05, 3.63) is 0 Å². The van der Waals surface area contributed by atoms with Crippen LogP contribution in [0.2, 0.25) is 0 Å². The maximum Gasteiger partial charge on any atom is 0.161 e. The molecule has 0 N–H and O–H groups in total. The van der Waals surface area contributed by atoms with E-state index in [-0.39, 0.29) is 11.9 Å². The van der Waals surface area contributed by atoms with E-state index >= 15 is 0 Å². The van der Waals surface area contributed by atoms with Crippen LogP contribution in [-0.2, 0) is 9.53 Å². The summed E-state index contributed by atoms with van der Waals surface area (Å²) in [4.78, 5) is 11.5.